The third-order valence-electron chi connectivity index (χ3n) is 3.71. The molecule has 0 radical (unpaired) electrons. The number of halogens is 1. The highest BCUT2D eigenvalue weighted by atomic mass is 35.5. The van der Waals surface area contributed by atoms with Crippen LogP contribution in [0.5, 0.6) is 0 Å². The van der Waals surface area contributed by atoms with Crippen LogP contribution in [-0.4, -0.2) is 40.0 Å². The van der Waals surface area contributed by atoms with E-state index in [-0.39, 0.29) is 41.4 Å². The second-order valence-electron chi connectivity index (χ2n) is 5.12. The van der Waals surface area contributed by atoms with Crippen molar-refractivity contribution in [1.29, 1.82) is 0 Å². The lowest BCUT2D eigenvalue weighted by Gasteiger charge is -2.28. The van der Waals surface area contributed by atoms with Crippen molar-refractivity contribution in [3.8, 4) is 0 Å². The Morgan fingerprint density at radius 2 is 2.05 bits per heavy atom. The maximum Gasteiger partial charge on any atom is 0.271 e. The van der Waals surface area contributed by atoms with Crippen LogP contribution in [0.2, 0.25) is 5.02 Å². The standard InChI is InChI=1S/C14H17ClN2O4/c15-11-7-10(8-13(9-11)17(20)21)14(19)16(5-6-18)12-3-1-2-4-12/h7-9,12,18H,1-6H2. The first-order valence-electron chi connectivity index (χ1n) is 6.89. The number of hydrogen-bond acceptors (Lipinski definition) is 4. The number of carbonyl (C=O) groups excluding carboxylic acids is 1. The minimum absolute atomic E-state index is 0.0858. The van der Waals surface area contributed by atoms with Crippen LogP contribution in [0.3, 0.4) is 0 Å². The van der Waals surface area contributed by atoms with Gasteiger partial charge in [0.05, 0.1) is 11.5 Å². The van der Waals surface area contributed by atoms with E-state index < -0.39 is 4.92 Å². The van der Waals surface area contributed by atoms with Crippen molar-refractivity contribution in [2.75, 3.05) is 13.2 Å². The Labute approximate surface area is 127 Å². The lowest BCUT2D eigenvalue weighted by Crippen LogP contribution is -2.40. The maximum atomic E-state index is 12.6. The van der Waals surface area contributed by atoms with Crippen LogP contribution in [0.4, 0.5) is 5.69 Å². The lowest BCUT2D eigenvalue weighted by atomic mass is 10.1. The number of benzene rings is 1. The zero-order valence-electron chi connectivity index (χ0n) is 11.5. The number of nitrogens with zero attached hydrogens (tertiary/aromatic N) is 2. The average Bonchev–Trinajstić information content (AvgIpc) is 2.97. The molecule has 0 bridgehead atoms. The van der Waals surface area contributed by atoms with Gasteiger partial charge in [-0.25, -0.2) is 0 Å². The predicted octanol–water partition coefficient (Wildman–Crippen LogP) is 2.63. The second kappa shape index (κ2) is 6.87. The van der Waals surface area contributed by atoms with Crippen molar-refractivity contribution < 1.29 is 14.8 Å². The molecule has 2 rings (SSSR count). The normalized spacial score (nSPS) is 15.1. The van der Waals surface area contributed by atoms with Crippen LogP contribution in [0.25, 0.3) is 0 Å². The summed E-state index contributed by atoms with van der Waals surface area (Å²) in [6.07, 6.45) is 3.90. The van der Waals surface area contributed by atoms with E-state index in [1.165, 1.54) is 18.2 Å². The van der Waals surface area contributed by atoms with Crippen LogP contribution in [0.15, 0.2) is 18.2 Å². The first kappa shape index (κ1) is 15.7. The number of nitro groups is 1. The van der Waals surface area contributed by atoms with Crippen molar-refractivity contribution >= 4 is 23.2 Å². The Kier molecular flexibility index (Phi) is 5.14. The largest absolute Gasteiger partial charge is 0.395 e. The molecule has 0 aliphatic heterocycles. The van der Waals surface area contributed by atoms with Gasteiger partial charge in [-0.15, -0.1) is 0 Å². The van der Waals surface area contributed by atoms with E-state index >= 15 is 0 Å². The van der Waals surface area contributed by atoms with Crippen molar-refractivity contribution in [3.05, 3.63) is 38.9 Å². The van der Waals surface area contributed by atoms with Crippen molar-refractivity contribution in [1.82, 2.24) is 4.90 Å². The number of aliphatic hydroxyl groups is 1. The summed E-state index contributed by atoms with van der Waals surface area (Å²) in [5, 5.41) is 20.2. The number of carbonyl (C=O) groups is 1. The molecule has 1 aromatic carbocycles. The summed E-state index contributed by atoms with van der Waals surface area (Å²) < 4.78 is 0. The zero-order valence-corrected chi connectivity index (χ0v) is 12.3. The van der Waals surface area contributed by atoms with E-state index in [4.69, 9.17) is 16.7 Å². The fraction of sp³-hybridized carbons (Fsp3) is 0.500. The van der Waals surface area contributed by atoms with Gasteiger partial charge < -0.3 is 10.0 Å². The molecule has 6 nitrogen and oxygen atoms in total. The highest BCUT2D eigenvalue weighted by molar-refractivity contribution is 6.31. The molecule has 21 heavy (non-hydrogen) atoms. The molecule has 1 amide bonds. The highest BCUT2D eigenvalue weighted by Gasteiger charge is 2.28. The zero-order chi connectivity index (χ0) is 15.4. The fourth-order valence-electron chi connectivity index (χ4n) is 2.74. The van der Waals surface area contributed by atoms with Gasteiger partial charge in [0.2, 0.25) is 0 Å². The molecular formula is C14H17ClN2O4. The van der Waals surface area contributed by atoms with Gasteiger partial charge in [-0.1, -0.05) is 24.4 Å². The van der Waals surface area contributed by atoms with Crippen molar-refractivity contribution in [2.24, 2.45) is 0 Å². The average molecular weight is 313 g/mol. The smallest absolute Gasteiger partial charge is 0.271 e. The number of amides is 1. The maximum absolute atomic E-state index is 12.6. The van der Waals surface area contributed by atoms with Gasteiger partial charge in [0, 0.05) is 35.3 Å². The number of non-ortho nitro benzene ring substituents is 1. The Balaban J connectivity index is 2.29. The summed E-state index contributed by atoms with van der Waals surface area (Å²) >= 11 is 5.86. The molecule has 1 saturated carbocycles. The predicted molar refractivity (Wildman–Crippen MR) is 78.5 cm³/mol. The molecule has 7 heteroatoms. The molecule has 1 aromatic rings. The SMILES string of the molecule is O=C(c1cc(Cl)cc([N+](=O)[O-])c1)N(CCO)C1CCCC1. The molecular weight excluding hydrogens is 296 g/mol. The molecule has 0 spiro atoms. The topological polar surface area (TPSA) is 83.7 Å². The van der Waals surface area contributed by atoms with Gasteiger partial charge in [-0.2, -0.15) is 0 Å². The lowest BCUT2D eigenvalue weighted by molar-refractivity contribution is -0.384. The van der Waals surface area contributed by atoms with Gasteiger partial charge >= 0.3 is 0 Å². The summed E-state index contributed by atoms with van der Waals surface area (Å²) in [4.78, 5) is 24.5. The molecule has 0 heterocycles. The van der Waals surface area contributed by atoms with Gasteiger partial charge in [-0.3, -0.25) is 14.9 Å². The van der Waals surface area contributed by atoms with Gasteiger partial charge in [0.15, 0.2) is 0 Å². The van der Waals surface area contributed by atoms with Crippen LogP contribution in [0.1, 0.15) is 36.0 Å². The monoisotopic (exact) mass is 312 g/mol. The van der Waals surface area contributed by atoms with Gasteiger partial charge in [0.1, 0.15) is 0 Å². The minimum atomic E-state index is -0.575. The molecule has 0 saturated heterocycles. The van der Waals surface area contributed by atoms with Crippen LogP contribution in [-0.2, 0) is 0 Å². The van der Waals surface area contributed by atoms with E-state index in [2.05, 4.69) is 0 Å². The molecule has 1 N–H and O–H groups in total. The molecule has 1 fully saturated rings. The van der Waals surface area contributed by atoms with E-state index in [1.807, 2.05) is 0 Å². The van der Waals surface area contributed by atoms with E-state index in [0.717, 1.165) is 25.7 Å². The summed E-state index contributed by atoms with van der Waals surface area (Å²) in [7, 11) is 0. The first-order valence-corrected chi connectivity index (χ1v) is 7.27. The van der Waals surface area contributed by atoms with Crippen molar-refractivity contribution in [3.63, 3.8) is 0 Å². The minimum Gasteiger partial charge on any atom is -0.395 e. The number of hydrogen-bond donors (Lipinski definition) is 1. The molecule has 0 unspecified atom stereocenters. The number of aliphatic hydroxyl groups excluding tert-OH is 1. The van der Waals surface area contributed by atoms with Gasteiger partial charge in [-0.05, 0) is 18.9 Å². The number of nitro benzene ring substituents is 1. The summed E-state index contributed by atoms with van der Waals surface area (Å²) in [5.74, 6) is -0.318. The van der Waals surface area contributed by atoms with Crippen molar-refractivity contribution in [2.45, 2.75) is 31.7 Å². The quantitative estimate of drug-likeness (QED) is 0.669. The molecule has 0 atom stereocenters. The fourth-order valence-corrected chi connectivity index (χ4v) is 2.97. The third-order valence-corrected chi connectivity index (χ3v) is 3.93. The van der Waals surface area contributed by atoms with E-state index in [1.54, 1.807) is 4.90 Å². The van der Waals surface area contributed by atoms with Crippen LogP contribution in [0, 0.1) is 10.1 Å². The molecule has 1 aliphatic carbocycles. The molecule has 114 valence electrons. The Hall–Kier alpha value is -1.66. The summed E-state index contributed by atoms with van der Waals surface area (Å²) in [6.45, 7) is 0.0920. The number of rotatable bonds is 5. The Morgan fingerprint density at radius 1 is 1.38 bits per heavy atom. The Bertz CT molecular complexity index is 544. The van der Waals surface area contributed by atoms with E-state index in [0.29, 0.717) is 0 Å². The summed E-state index contributed by atoms with van der Waals surface area (Å²) in [6, 6.07) is 3.95. The van der Waals surface area contributed by atoms with Crippen LogP contribution >= 0.6 is 11.6 Å². The van der Waals surface area contributed by atoms with Gasteiger partial charge in [0.25, 0.3) is 11.6 Å². The molecule has 0 aromatic heterocycles. The Morgan fingerprint density at radius 3 is 2.62 bits per heavy atom. The van der Waals surface area contributed by atoms with Crippen LogP contribution < -0.4 is 0 Å². The van der Waals surface area contributed by atoms with E-state index in [9.17, 15) is 14.9 Å². The summed E-state index contributed by atoms with van der Waals surface area (Å²) in [5.41, 5.74) is -0.0178. The molecule has 1 aliphatic rings. The second-order valence-corrected chi connectivity index (χ2v) is 5.55. The highest BCUT2D eigenvalue weighted by Crippen LogP contribution is 2.27. The third kappa shape index (κ3) is 3.71. The first-order chi connectivity index (χ1) is 10.0.